The number of nitrogens with zero attached hydrogens (tertiary/aromatic N) is 3. The highest BCUT2D eigenvalue weighted by atomic mass is 19.1. The van der Waals surface area contributed by atoms with Crippen molar-refractivity contribution in [3.05, 3.63) is 72.3 Å². The number of halogens is 1. The number of benzene rings is 2. The van der Waals surface area contributed by atoms with Crippen LogP contribution in [-0.2, 0) is 4.79 Å². The van der Waals surface area contributed by atoms with Crippen molar-refractivity contribution < 1.29 is 18.7 Å². The van der Waals surface area contributed by atoms with Gasteiger partial charge in [-0.25, -0.2) is 9.07 Å². The number of likely N-dealkylation sites (N-methyl/N-ethyl adjacent to an activating group) is 1. The highest BCUT2D eigenvalue weighted by molar-refractivity contribution is 6.04. The van der Waals surface area contributed by atoms with Gasteiger partial charge in [0.2, 0.25) is 0 Å². The largest absolute Gasteiger partial charge is 0.484 e. The Hall–Kier alpha value is -3.68. The van der Waals surface area contributed by atoms with Gasteiger partial charge in [-0.15, -0.1) is 0 Å². The number of para-hydroxylation sites is 1. The monoisotopic (exact) mass is 382 g/mol. The molecule has 1 N–H and O–H groups in total. The molecule has 28 heavy (non-hydrogen) atoms. The van der Waals surface area contributed by atoms with Crippen LogP contribution in [0.3, 0.4) is 0 Å². The van der Waals surface area contributed by atoms with Gasteiger partial charge in [0, 0.05) is 26.0 Å². The van der Waals surface area contributed by atoms with Crippen molar-refractivity contribution in [2.45, 2.75) is 0 Å². The van der Waals surface area contributed by atoms with Crippen molar-refractivity contribution in [3.63, 3.8) is 0 Å². The maximum absolute atomic E-state index is 13.8. The number of carbonyl (C=O) groups excluding carboxylic acids is 2. The maximum Gasteiger partial charge on any atom is 0.259 e. The number of rotatable bonds is 6. The van der Waals surface area contributed by atoms with Crippen LogP contribution in [0.4, 0.5) is 10.1 Å². The molecule has 1 heterocycles. The number of anilines is 1. The van der Waals surface area contributed by atoms with Gasteiger partial charge in [-0.2, -0.15) is 5.10 Å². The Kier molecular flexibility index (Phi) is 5.69. The molecule has 0 radical (unpaired) electrons. The SMILES string of the molecule is CN(C)C(=O)COc1ccc(NC(=O)c2cnn(-c3ccccc3F)c2)cc1. The molecule has 0 unspecified atom stereocenters. The van der Waals surface area contributed by atoms with Crippen LogP contribution in [-0.4, -0.2) is 47.2 Å². The Morgan fingerprint density at radius 3 is 2.54 bits per heavy atom. The van der Waals surface area contributed by atoms with E-state index in [0.717, 1.165) is 0 Å². The quantitative estimate of drug-likeness (QED) is 0.711. The zero-order valence-electron chi connectivity index (χ0n) is 15.4. The Morgan fingerprint density at radius 2 is 1.86 bits per heavy atom. The molecule has 0 spiro atoms. The lowest BCUT2D eigenvalue weighted by Crippen LogP contribution is -2.27. The summed E-state index contributed by atoms with van der Waals surface area (Å²) in [4.78, 5) is 25.3. The smallest absolute Gasteiger partial charge is 0.259 e. The first kappa shape index (κ1) is 19.1. The third-order valence-corrected chi connectivity index (χ3v) is 3.92. The van der Waals surface area contributed by atoms with Crippen molar-refractivity contribution in [2.75, 3.05) is 26.0 Å². The normalized spacial score (nSPS) is 10.4. The van der Waals surface area contributed by atoms with Crippen molar-refractivity contribution in [1.82, 2.24) is 14.7 Å². The topological polar surface area (TPSA) is 76.5 Å². The van der Waals surface area contributed by atoms with E-state index in [2.05, 4.69) is 10.4 Å². The Morgan fingerprint density at radius 1 is 1.14 bits per heavy atom. The van der Waals surface area contributed by atoms with Gasteiger partial charge >= 0.3 is 0 Å². The second-order valence-corrected chi connectivity index (χ2v) is 6.18. The number of ether oxygens (including phenoxy) is 1. The van der Waals surface area contributed by atoms with Crippen molar-refractivity contribution in [2.24, 2.45) is 0 Å². The average molecular weight is 382 g/mol. The predicted octanol–water partition coefficient (Wildman–Crippen LogP) is 2.73. The molecule has 7 nitrogen and oxygen atoms in total. The van der Waals surface area contributed by atoms with Gasteiger partial charge in [-0.05, 0) is 36.4 Å². The van der Waals surface area contributed by atoms with Crippen molar-refractivity contribution >= 4 is 17.5 Å². The van der Waals surface area contributed by atoms with Crippen molar-refractivity contribution in [1.29, 1.82) is 0 Å². The van der Waals surface area contributed by atoms with E-state index in [1.165, 1.54) is 28.0 Å². The number of hydrogen-bond acceptors (Lipinski definition) is 4. The summed E-state index contributed by atoms with van der Waals surface area (Å²) in [5, 5.41) is 6.77. The molecule has 144 valence electrons. The second kappa shape index (κ2) is 8.34. The highest BCUT2D eigenvalue weighted by Gasteiger charge is 2.12. The molecule has 3 aromatic rings. The van der Waals surface area contributed by atoms with Crippen LogP contribution in [0.2, 0.25) is 0 Å². The Balaban J connectivity index is 1.62. The van der Waals surface area contributed by atoms with Gasteiger partial charge in [-0.1, -0.05) is 12.1 Å². The Bertz CT molecular complexity index is 983. The first-order valence-electron chi connectivity index (χ1n) is 8.48. The molecule has 0 saturated heterocycles. The lowest BCUT2D eigenvalue weighted by atomic mass is 10.2. The fourth-order valence-corrected chi connectivity index (χ4v) is 2.32. The summed E-state index contributed by atoms with van der Waals surface area (Å²) >= 11 is 0. The third-order valence-electron chi connectivity index (χ3n) is 3.92. The summed E-state index contributed by atoms with van der Waals surface area (Å²) in [5.41, 5.74) is 1.10. The number of aromatic nitrogens is 2. The molecule has 0 bridgehead atoms. The number of nitrogens with one attached hydrogen (secondary N) is 1. The van der Waals surface area contributed by atoms with Crippen LogP contribution in [0, 0.1) is 5.82 Å². The lowest BCUT2D eigenvalue weighted by Gasteiger charge is -2.11. The molecule has 0 aliphatic heterocycles. The van der Waals surface area contributed by atoms with E-state index < -0.39 is 5.82 Å². The minimum atomic E-state index is -0.430. The van der Waals surface area contributed by atoms with Crippen LogP contribution >= 0.6 is 0 Å². The average Bonchev–Trinajstić information content (AvgIpc) is 3.17. The van der Waals surface area contributed by atoms with Gasteiger partial charge in [0.15, 0.2) is 6.61 Å². The summed E-state index contributed by atoms with van der Waals surface area (Å²) in [6.45, 7) is -0.0616. The summed E-state index contributed by atoms with van der Waals surface area (Å²) < 4.78 is 20.5. The molecule has 3 rings (SSSR count). The standard InChI is InChI=1S/C20H19FN4O3/c1-24(2)19(26)13-28-16-9-7-15(8-10-16)23-20(27)14-11-22-25(12-14)18-6-4-3-5-17(18)21/h3-12H,13H2,1-2H3,(H,23,27). The second-order valence-electron chi connectivity index (χ2n) is 6.18. The molecule has 0 saturated carbocycles. The number of carbonyl (C=O) groups is 2. The molecule has 2 amide bonds. The molecule has 8 heteroatoms. The van der Waals surface area contributed by atoms with Crippen LogP contribution in [0.5, 0.6) is 5.75 Å². The van der Waals surface area contributed by atoms with Gasteiger partial charge in [0.1, 0.15) is 17.3 Å². The van der Waals surface area contributed by atoms with Gasteiger partial charge in [0.25, 0.3) is 11.8 Å². The van der Waals surface area contributed by atoms with Gasteiger partial charge < -0.3 is 15.0 Å². The summed E-state index contributed by atoms with van der Waals surface area (Å²) in [7, 11) is 3.30. The molecular formula is C20H19FN4O3. The number of hydrogen-bond donors (Lipinski definition) is 1. The van der Waals surface area contributed by atoms with E-state index in [1.54, 1.807) is 56.6 Å². The molecule has 0 aliphatic carbocycles. The molecule has 0 aliphatic rings. The first-order chi connectivity index (χ1) is 13.4. The minimum Gasteiger partial charge on any atom is -0.484 e. The van der Waals surface area contributed by atoms with Crippen LogP contribution in [0.25, 0.3) is 5.69 Å². The van der Waals surface area contributed by atoms with Gasteiger partial charge in [-0.3, -0.25) is 9.59 Å². The Labute approximate surface area is 161 Å². The van der Waals surface area contributed by atoms with Crippen molar-refractivity contribution in [3.8, 4) is 11.4 Å². The zero-order valence-corrected chi connectivity index (χ0v) is 15.4. The van der Waals surface area contributed by atoms with E-state index in [0.29, 0.717) is 17.0 Å². The van der Waals surface area contributed by atoms with E-state index >= 15 is 0 Å². The molecule has 0 atom stereocenters. The third kappa shape index (κ3) is 4.53. The molecule has 0 fully saturated rings. The fraction of sp³-hybridized carbons (Fsp3) is 0.150. The zero-order chi connectivity index (χ0) is 20.1. The predicted molar refractivity (Wildman–Crippen MR) is 102 cm³/mol. The molecule has 1 aromatic heterocycles. The summed E-state index contributed by atoms with van der Waals surface area (Å²) in [6.07, 6.45) is 2.82. The summed E-state index contributed by atoms with van der Waals surface area (Å²) in [6, 6.07) is 12.8. The molecular weight excluding hydrogens is 363 g/mol. The fourth-order valence-electron chi connectivity index (χ4n) is 2.32. The van der Waals surface area contributed by atoms with Gasteiger partial charge in [0.05, 0.1) is 11.8 Å². The van der Waals surface area contributed by atoms with E-state index in [1.807, 2.05) is 0 Å². The molecule has 2 aromatic carbocycles. The maximum atomic E-state index is 13.8. The van der Waals surface area contributed by atoms with Crippen LogP contribution in [0.1, 0.15) is 10.4 Å². The lowest BCUT2D eigenvalue weighted by molar-refractivity contribution is -0.130. The van der Waals surface area contributed by atoms with E-state index in [-0.39, 0.29) is 24.1 Å². The van der Waals surface area contributed by atoms with E-state index in [4.69, 9.17) is 4.74 Å². The van der Waals surface area contributed by atoms with Crippen LogP contribution < -0.4 is 10.1 Å². The first-order valence-corrected chi connectivity index (χ1v) is 8.48. The van der Waals surface area contributed by atoms with Crippen LogP contribution in [0.15, 0.2) is 60.9 Å². The van der Waals surface area contributed by atoms with E-state index in [9.17, 15) is 14.0 Å². The highest BCUT2D eigenvalue weighted by Crippen LogP contribution is 2.17. The summed E-state index contributed by atoms with van der Waals surface area (Å²) in [5.74, 6) is -0.440. The number of amides is 2. The minimum absolute atomic E-state index is 0.0616.